The van der Waals surface area contributed by atoms with Crippen molar-refractivity contribution in [3.8, 4) is 0 Å². The zero-order valence-corrected chi connectivity index (χ0v) is 18.0. The number of amides is 1. The van der Waals surface area contributed by atoms with Gasteiger partial charge in [0.1, 0.15) is 6.17 Å². The number of benzene rings is 1. The van der Waals surface area contributed by atoms with Gasteiger partial charge in [0.25, 0.3) is 0 Å². The fourth-order valence-corrected chi connectivity index (χ4v) is 5.38. The van der Waals surface area contributed by atoms with Gasteiger partial charge in [-0.25, -0.2) is 14.2 Å². The van der Waals surface area contributed by atoms with E-state index in [4.69, 9.17) is 5.11 Å². The number of carboxylic acid groups (broad SMARTS) is 1. The minimum atomic E-state index is -1.04. The lowest BCUT2D eigenvalue weighted by Gasteiger charge is -2.25. The van der Waals surface area contributed by atoms with Crippen molar-refractivity contribution in [3.05, 3.63) is 40.9 Å². The maximum absolute atomic E-state index is 14.4. The molecule has 1 saturated heterocycles. The number of aromatic nitrogens is 1. The highest BCUT2D eigenvalue weighted by Crippen LogP contribution is 2.33. The van der Waals surface area contributed by atoms with E-state index in [1.807, 2.05) is 12.1 Å². The molecule has 0 saturated carbocycles. The van der Waals surface area contributed by atoms with Crippen LogP contribution < -0.4 is 4.90 Å². The first kappa shape index (κ1) is 21.8. The van der Waals surface area contributed by atoms with Gasteiger partial charge >= 0.3 is 5.97 Å². The number of thioether (sulfide) groups is 1. The molecule has 1 aromatic heterocycles. The van der Waals surface area contributed by atoms with Crippen LogP contribution in [0.3, 0.4) is 0 Å². The van der Waals surface area contributed by atoms with Crippen LogP contribution in [-0.2, 0) is 4.79 Å². The molecule has 1 amide bonds. The number of rotatable bonds is 10. The van der Waals surface area contributed by atoms with Crippen molar-refractivity contribution < 1.29 is 19.1 Å². The molecule has 0 bridgehead atoms. The van der Waals surface area contributed by atoms with Gasteiger partial charge in [0, 0.05) is 29.3 Å². The highest BCUT2D eigenvalue weighted by atomic mass is 32.2. The Morgan fingerprint density at radius 3 is 2.79 bits per heavy atom. The van der Waals surface area contributed by atoms with E-state index in [-0.39, 0.29) is 17.6 Å². The van der Waals surface area contributed by atoms with Gasteiger partial charge in [0.05, 0.1) is 0 Å². The van der Waals surface area contributed by atoms with Crippen molar-refractivity contribution in [1.29, 1.82) is 0 Å². The van der Waals surface area contributed by atoms with E-state index in [1.165, 1.54) is 28.5 Å². The van der Waals surface area contributed by atoms with Crippen LogP contribution in [0.2, 0.25) is 0 Å². The molecule has 2 heterocycles. The van der Waals surface area contributed by atoms with Gasteiger partial charge < -0.3 is 10.0 Å². The van der Waals surface area contributed by atoms with Crippen LogP contribution in [-0.4, -0.2) is 33.8 Å². The minimum absolute atomic E-state index is 0.0151. The summed E-state index contributed by atoms with van der Waals surface area (Å²) in [4.78, 5) is 29.3. The van der Waals surface area contributed by atoms with Gasteiger partial charge in [-0.15, -0.1) is 11.3 Å². The average molecular weight is 437 g/mol. The van der Waals surface area contributed by atoms with Crippen LogP contribution in [0.15, 0.2) is 34.0 Å². The number of halogens is 1. The topological polar surface area (TPSA) is 70.5 Å². The molecule has 1 aliphatic rings. The Kier molecular flexibility index (Phi) is 7.66. The van der Waals surface area contributed by atoms with E-state index in [9.17, 15) is 14.0 Å². The van der Waals surface area contributed by atoms with Crippen molar-refractivity contribution in [2.75, 3.05) is 10.7 Å². The first-order valence-corrected chi connectivity index (χ1v) is 11.7. The summed E-state index contributed by atoms with van der Waals surface area (Å²) in [5, 5.41) is 10.5. The van der Waals surface area contributed by atoms with Crippen molar-refractivity contribution in [3.63, 3.8) is 0 Å². The van der Waals surface area contributed by atoms with Gasteiger partial charge in [0.2, 0.25) is 5.91 Å². The zero-order valence-electron chi connectivity index (χ0n) is 16.3. The number of alkyl halides is 1. The molecular weight excluding hydrogens is 411 g/mol. The van der Waals surface area contributed by atoms with E-state index >= 15 is 0 Å². The van der Waals surface area contributed by atoms with Gasteiger partial charge in [-0.1, -0.05) is 50.1 Å². The Hall–Kier alpha value is -1.93. The van der Waals surface area contributed by atoms with Gasteiger partial charge in [0.15, 0.2) is 10.0 Å². The molecule has 3 rings (SSSR count). The maximum atomic E-state index is 14.4. The Bertz CT molecular complexity index is 841. The number of nitrogens with zero attached hydrogens (tertiary/aromatic N) is 2. The summed E-state index contributed by atoms with van der Waals surface area (Å²) < 4.78 is 15.0. The third-order valence-corrected chi connectivity index (χ3v) is 7.19. The third-order valence-electron chi connectivity index (χ3n) is 5.02. The lowest BCUT2D eigenvalue weighted by molar-refractivity contribution is -0.117. The molecule has 2 atom stereocenters. The fourth-order valence-electron chi connectivity index (χ4n) is 3.43. The number of carbonyl (C=O) groups excluding carboxylic acids is 1. The summed E-state index contributed by atoms with van der Waals surface area (Å²) >= 11 is 2.76. The second kappa shape index (κ2) is 10.2. The molecule has 0 spiro atoms. The molecule has 1 aromatic carbocycles. The molecule has 1 N–H and O–H groups in total. The molecule has 1 aliphatic heterocycles. The van der Waals surface area contributed by atoms with Crippen LogP contribution in [0.5, 0.6) is 0 Å². The second-order valence-electron chi connectivity index (χ2n) is 7.13. The summed E-state index contributed by atoms with van der Waals surface area (Å²) in [6.45, 7) is 2.10. The smallest absolute Gasteiger partial charge is 0.355 e. The number of anilines is 1. The normalized spacial score (nSPS) is 17.7. The van der Waals surface area contributed by atoms with Crippen LogP contribution >= 0.6 is 23.1 Å². The largest absolute Gasteiger partial charge is 0.476 e. The lowest BCUT2D eigenvalue weighted by Crippen LogP contribution is -2.34. The van der Waals surface area contributed by atoms with E-state index < -0.39 is 12.1 Å². The van der Waals surface area contributed by atoms with E-state index in [2.05, 4.69) is 11.9 Å². The fraction of sp³-hybridized carbons (Fsp3) is 0.476. The van der Waals surface area contributed by atoms with Crippen molar-refractivity contribution in [2.45, 2.75) is 62.0 Å². The molecule has 1 unspecified atom stereocenters. The van der Waals surface area contributed by atoms with Crippen LogP contribution in [0.25, 0.3) is 0 Å². The number of thiazole rings is 1. The molecule has 29 heavy (non-hydrogen) atoms. The predicted molar refractivity (Wildman–Crippen MR) is 115 cm³/mol. The summed E-state index contributed by atoms with van der Waals surface area (Å²) in [6.07, 6.45) is 3.77. The number of hydrogen-bond donors (Lipinski definition) is 1. The minimum Gasteiger partial charge on any atom is -0.476 e. The second-order valence-corrected chi connectivity index (χ2v) is 9.25. The summed E-state index contributed by atoms with van der Waals surface area (Å²) in [6, 6.07) is 7.23. The molecule has 2 aromatic rings. The zero-order chi connectivity index (χ0) is 20.8. The summed E-state index contributed by atoms with van der Waals surface area (Å²) in [5.41, 5.74) is 1.49. The van der Waals surface area contributed by atoms with Crippen molar-refractivity contribution in [2.24, 2.45) is 0 Å². The van der Waals surface area contributed by atoms with E-state index in [0.29, 0.717) is 28.5 Å². The maximum Gasteiger partial charge on any atom is 0.355 e. The molecule has 8 heteroatoms. The number of hydrogen-bond acceptors (Lipinski definition) is 5. The lowest BCUT2D eigenvalue weighted by atomic mass is 10.0. The highest BCUT2D eigenvalue weighted by Gasteiger charge is 2.32. The number of unbranched alkanes of at least 4 members (excludes halogenated alkanes) is 2. The molecular formula is C21H25FN2O3S2. The van der Waals surface area contributed by atoms with Gasteiger partial charge in [-0.2, -0.15) is 0 Å². The van der Waals surface area contributed by atoms with Crippen LogP contribution in [0.4, 0.5) is 10.1 Å². The van der Waals surface area contributed by atoms with Crippen molar-refractivity contribution >= 4 is 40.7 Å². The Morgan fingerprint density at radius 2 is 2.14 bits per heavy atom. The standard InChI is InChI=1S/C21H25FN2O3S2/c1-2-3-4-5-17(22)14-6-8-15(9-7-14)24-16(10-11-19(24)25)12-28-21-23-18(13-29-21)20(26)27/h6-9,13,16-17H,2-5,10-12H2,1H3,(H,26,27)/t16?,17-/m1/s1. The average Bonchev–Trinajstić information content (AvgIpc) is 3.33. The first-order chi connectivity index (χ1) is 14.0. The first-order valence-electron chi connectivity index (χ1n) is 9.87. The van der Waals surface area contributed by atoms with Gasteiger partial charge in [-0.3, -0.25) is 4.79 Å². The van der Waals surface area contributed by atoms with E-state index in [1.54, 1.807) is 17.0 Å². The van der Waals surface area contributed by atoms with Crippen LogP contribution in [0, 0.1) is 0 Å². The third kappa shape index (κ3) is 5.57. The predicted octanol–water partition coefficient (Wildman–Crippen LogP) is 5.72. The number of carbonyl (C=O) groups is 2. The highest BCUT2D eigenvalue weighted by molar-refractivity contribution is 8.01. The quantitative estimate of drug-likeness (QED) is 0.381. The molecule has 1 fully saturated rings. The molecule has 0 aliphatic carbocycles. The molecule has 156 valence electrons. The Labute approximate surface area is 178 Å². The molecule has 5 nitrogen and oxygen atoms in total. The molecule has 0 radical (unpaired) electrons. The number of carboxylic acids is 1. The summed E-state index contributed by atoms with van der Waals surface area (Å²) in [7, 11) is 0. The van der Waals surface area contributed by atoms with E-state index in [0.717, 1.165) is 31.4 Å². The SMILES string of the molecule is CCCCC[C@@H](F)c1ccc(N2C(=O)CCC2CSc2nc(C(=O)O)cs2)cc1. The summed E-state index contributed by atoms with van der Waals surface area (Å²) in [5.74, 6) is -0.330. The van der Waals surface area contributed by atoms with Crippen molar-refractivity contribution in [1.82, 2.24) is 4.98 Å². The Balaban J connectivity index is 1.62. The van der Waals surface area contributed by atoms with Crippen LogP contribution in [0.1, 0.15) is 67.7 Å². The van der Waals surface area contributed by atoms with Gasteiger partial charge in [-0.05, 0) is 30.5 Å². The number of aromatic carboxylic acids is 1. The monoisotopic (exact) mass is 436 g/mol. The Morgan fingerprint density at radius 1 is 1.38 bits per heavy atom.